The van der Waals surface area contributed by atoms with Gasteiger partial charge in [0.25, 0.3) is 11.5 Å². The van der Waals surface area contributed by atoms with Crippen molar-refractivity contribution >= 4 is 17.6 Å². The fourth-order valence-corrected chi connectivity index (χ4v) is 3.77. The highest BCUT2D eigenvalue weighted by Crippen LogP contribution is 2.30. The molecule has 4 aromatic rings. The van der Waals surface area contributed by atoms with Gasteiger partial charge in [0.2, 0.25) is 0 Å². The molecule has 0 saturated carbocycles. The van der Waals surface area contributed by atoms with E-state index in [-0.39, 0.29) is 12.1 Å². The van der Waals surface area contributed by atoms with Crippen molar-refractivity contribution in [1.82, 2.24) is 39.8 Å². The van der Waals surface area contributed by atoms with Crippen molar-refractivity contribution in [3.05, 3.63) is 82.2 Å². The zero-order chi connectivity index (χ0) is 22.5. The van der Waals surface area contributed by atoms with Crippen LogP contribution in [-0.4, -0.2) is 46.4 Å². The van der Waals surface area contributed by atoms with E-state index in [1.807, 2.05) is 13.0 Å². The molecule has 1 aliphatic heterocycles. The molecule has 3 aromatic heterocycles. The number of aryl methyl sites for hydroxylation is 1. The van der Waals surface area contributed by atoms with Crippen LogP contribution < -0.4 is 10.9 Å². The van der Waals surface area contributed by atoms with Gasteiger partial charge in [0.15, 0.2) is 0 Å². The van der Waals surface area contributed by atoms with E-state index >= 15 is 0 Å². The number of hydrogen-bond acceptors (Lipinski definition) is 7. The number of rotatable bonds is 4. The fourth-order valence-electron chi connectivity index (χ4n) is 3.77. The fraction of sp³-hybridized carbons (Fsp3) is 0.190. The van der Waals surface area contributed by atoms with Crippen molar-refractivity contribution in [1.29, 1.82) is 0 Å². The predicted molar refractivity (Wildman–Crippen MR) is 112 cm³/mol. The summed E-state index contributed by atoms with van der Waals surface area (Å²) >= 11 is 0. The minimum Gasteiger partial charge on any atom is -0.319 e. The number of amides is 3. The maximum atomic E-state index is 13.3. The van der Waals surface area contributed by atoms with E-state index in [2.05, 4.69) is 25.8 Å². The molecule has 1 fully saturated rings. The first-order chi connectivity index (χ1) is 15.3. The number of aromatic nitrogens is 6. The summed E-state index contributed by atoms with van der Waals surface area (Å²) in [4.78, 5) is 44.0. The molecular weight excluding hydrogens is 412 g/mol. The van der Waals surface area contributed by atoms with Crippen LogP contribution in [0, 0.1) is 6.92 Å². The van der Waals surface area contributed by atoms with Crippen LogP contribution in [0.3, 0.4) is 0 Å². The quantitative estimate of drug-likeness (QED) is 0.478. The van der Waals surface area contributed by atoms with E-state index in [0.29, 0.717) is 22.6 Å². The lowest BCUT2D eigenvalue weighted by Crippen LogP contribution is -2.41. The number of carbonyl (C=O) groups excluding carboxylic acids is 2. The van der Waals surface area contributed by atoms with Crippen LogP contribution in [0.1, 0.15) is 23.7 Å². The molecule has 11 heteroatoms. The molecule has 1 aliphatic rings. The van der Waals surface area contributed by atoms with E-state index in [9.17, 15) is 14.4 Å². The Morgan fingerprint density at radius 3 is 2.72 bits per heavy atom. The van der Waals surface area contributed by atoms with Crippen LogP contribution in [0.2, 0.25) is 0 Å². The molecule has 160 valence electrons. The standard InChI is InChI=1S/C21H18N8O3/c1-13-6-7-27-17(8-13)23-15(10-18(27)30)11-28-19(31)21(2,24-20(28)32)14-4-3-5-16(9-14)29-12-22-25-26-29/h3-10,12H,11H2,1-2H3,(H,24,32). The number of urea groups is 1. The normalized spacial score (nSPS) is 18.4. The lowest BCUT2D eigenvalue weighted by molar-refractivity contribution is -0.131. The number of fused-ring (bicyclic) bond motifs is 1. The van der Waals surface area contributed by atoms with Gasteiger partial charge in [0.1, 0.15) is 17.5 Å². The number of pyridine rings is 1. The molecule has 0 radical (unpaired) electrons. The number of benzene rings is 1. The molecule has 1 unspecified atom stereocenters. The van der Waals surface area contributed by atoms with E-state index in [0.717, 1.165) is 10.5 Å². The number of nitrogens with one attached hydrogen (secondary N) is 1. The van der Waals surface area contributed by atoms with Gasteiger partial charge in [-0.15, -0.1) is 5.10 Å². The SMILES string of the molecule is Cc1ccn2c(=O)cc(CN3C(=O)NC(C)(c4cccc(-n5cnnn5)c4)C3=O)nc2c1. The highest BCUT2D eigenvalue weighted by molar-refractivity contribution is 6.07. The molecule has 11 nitrogen and oxygen atoms in total. The Bertz CT molecular complexity index is 1430. The van der Waals surface area contributed by atoms with E-state index in [1.54, 1.807) is 43.5 Å². The van der Waals surface area contributed by atoms with Crippen LogP contribution in [0.15, 0.2) is 59.8 Å². The predicted octanol–water partition coefficient (Wildman–Crippen LogP) is 0.946. The second kappa shape index (κ2) is 7.08. The Morgan fingerprint density at radius 1 is 1.09 bits per heavy atom. The van der Waals surface area contributed by atoms with Gasteiger partial charge in [-0.3, -0.25) is 18.9 Å². The van der Waals surface area contributed by atoms with Crippen molar-refractivity contribution < 1.29 is 9.59 Å². The number of tetrazole rings is 1. The van der Waals surface area contributed by atoms with Crippen molar-refractivity contribution in [2.75, 3.05) is 0 Å². The Labute approximate surface area is 181 Å². The Kier molecular flexibility index (Phi) is 4.33. The van der Waals surface area contributed by atoms with Gasteiger partial charge in [0, 0.05) is 12.3 Å². The molecule has 1 N–H and O–H groups in total. The Balaban J connectivity index is 1.47. The lowest BCUT2D eigenvalue weighted by atomic mass is 9.91. The van der Waals surface area contributed by atoms with Gasteiger partial charge in [-0.05, 0) is 59.7 Å². The second-order valence-electron chi connectivity index (χ2n) is 7.77. The summed E-state index contributed by atoms with van der Waals surface area (Å²) in [6, 6.07) is 11.4. The third kappa shape index (κ3) is 3.11. The first-order valence-corrected chi connectivity index (χ1v) is 9.82. The molecule has 0 aliphatic carbocycles. The molecule has 1 saturated heterocycles. The minimum atomic E-state index is -1.29. The molecule has 4 heterocycles. The number of nitrogens with zero attached hydrogens (tertiary/aromatic N) is 7. The molecule has 0 spiro atoms. The summed E-state index contributed by atoms with van der Waals surface area (Å²) in [6.07, 6.45) is 3.08. The van der Waals surface area contributed by atoms with Crippen LogP contribution in [0.25, 0.3) is 11.3 Å². The Morgan fingerprint density at radius 2 is 1.94 bits per heavy atom. The third-order valence-corrected chi connectivity index (χ3v) is 5.51. The maximum absolute atomic E-state index is 13.3. The number of imide groups is 1. The summed E-state index contributed by atoms with van der Waals surface area (Å²) in [7, 11) is 0. The van der Waals surface area contributed by atoms with Gasteiger partial charge in [-0.2, -0.15) is 0 Å². The topological polar surface area (TPSA) is 127 Å². The number of carbonyl (C=O) groups is 2. The van der Waals surface area contributed by atoms with Gasteiger partial charge >= 0.3 is 6.03 Å². The highest BCUT2D eigenvalue weighted by Gasteiger charge is 2.49. The molecule has 32 heavy (non-hydrogen) atoms. The summed E-state index contributed by atoms with van der Waals surface area (Å²) < 4.78 is 2.87. The van der Waals surface area contributed by atoms with Gasteiger partial charge < -0.3 is 5.32 Å². The molecule has 0 bridgehead atoms. The van der Waals surface area contributed by atoms with Crippen LogP contribution >= 0.6 is 0 Å². The van der Waals surface area contributed by atoms with Crippen molar-refractivity contribution in [2.45, 2.75) is 25.9 Å². The van der Waals surface area contributed by atoms with Crippen molar-refractivity contribution in [3.8, 4) is 5.69 Å². The van der Waals surface area contributed by atoms with Crippen LogP contribution in [-0.2, 0) is 16.9 Å². The van der Waals surface area contributed by atoms with E-state index in [1.165, 1.54) is 21.5 Å². The first-order valence-electron chi connectivity index (χ1n) is 9.82. The second-order valence-corrected chi connectivity index (χ2v) is 7.77. The average molecular weight is 430 g/mol. The monoisotopic (exact) mass is 430 g/mol. The zero-order valence-corrected chi connectivity index (χ0v) is 17.3. The Hall–Kier alpha value is -4.41. The van der Waals surface area contributed by atoms with Crippen molar-refractivity contribution in [3.63, 3.8) is 0 Å². The van der Waals surface area contributed by atoms with E-state index in [4.69, 9.17) is 0 Å². The molecule has 1 atom stereocenters. The smallest absolute Gasteiger partial charge is 0.319 e. The zero-order valence-electron chi connectivity index (χ0n) is 17.3. The summed E-state index contributed by atoms with van der Waals surface area (Å²) in [6.45, 7) is 3.41. The number of hydrogen-bond donors (Lipinski definition) is 1. The van der Waals surface area contributed by atoms with E-state index < -0.39 is 17.5 Å². The molecular formula is C21H18N8O3. The van der Waals surface area contributed by atoms with Crippen molar-refractivity contribution in [2.24, 2.45) is 0 Å². The molecule has 1 aromatic carbocycles. The summed E-state index contributed by atoms with van der Waals surface area (Å²) in [5, 5.41) is 13.9. The van der Waals surface area contributed by atoms with Crippen LogP contribution in [0.5, 0.6) is 0 Å². The lowest BCUT2D eigenvalue weighted by Gasteiger charge is -2.22. The third-order valence-electron chi connectivity index (χ3n) is 5.51. The average Bonchev–Trinajstić information content (AvgIpc) is 3.38. The minimum absolute atomic E-state index is 0.118. The van der Waals surface area contributed by atoms with Crippen LogP contribution in [0.4, 0.5) is 4.79 Å². The van der Waals surface area contributed by atoms with Gasteiger partial charge in [0.05, 0.1) is 17.9 Å². The molecule has 5 rings (SSSR count). The van der Waals surface area contributed by atoms with Gasteiger partial charge in [-0.25, -0.2) is 14.5 Å². The summed E-state index contributed by atoms with van der Waals surface area (Å²) in [5.74, 6) is -0.442. The molecule has 3 amide bonds. The largest absolute Gasteiger partial charge is 0.325 e. The maximum Gasteiger partial charge on any atom is 0.325 e. The summed E-state index contributed by atoms with van der Waals surface area (Å²) in [5.41, 5.74) is 1.38. The van der Waals surface area contributed by atoms with Gasteiger partial charge in [-0.1, -0.05) is 12.1 Å². The first kappa shape index (κ1) is 19.5. The highest BCUT2D eigenvalue weighted by atomic mass is 16.2.